The fourth-order valence-electron chi connectivity index (χ4n) is 2.45. The summed E-state index contributed by atoms with van der Waals surface area (Å²) in [6.45, 7) is -0.418. The second-order valence-electron chi connectivity index (χ2n) is 5.83. The lowest BCUT2D eigenvalue weighted by Crippen LogP contribution is -2.21. The number of para-hydroxylation sites is 2. The Balaban J connectivity index is 1.60. The summed E-state index contributed by atoms with van der Waals surface area (Å²) >= 11 is 0. The Hall–Kier alpha value is -4.27. The quantitative estimate of drug-likeness (QED) is 0.470. The molecule has 3 rings (SSSR count). The first kappa shape index (κ1) is 19.5. The summed E-state index contributed by atoms with van der Waals surface area (Å²) in [5, 5.41) is 16.3. The Labute approximate surface area is 165 Å². The third kappa shape index (κ3) is 5.36. The summed E-state index contributed by atoms with van der Waals surface area (Å²) < 4.78 is 5.25. The van der Waals surface area contributed by atoms with Crippen molar-refractivity contribution in [2.45, 2.75) is 0 Å². The van der Waals surface area contributed by atoms with Gasteiger partial charge in [-0.15, -0.1) is 0 Å². The fraction of sp³-hybridized carbons (Fsp3) is 0.0500. The molecule has 2 amide bonds. The molecule has 0 radical (unpaired) electrons. The fourth-order valence-corrected chi connectivity index (χ4v) is 2.45. The van der Waals surface area contributed by atoms with Gasteiger partial charge in [0.2, 0.25) is 0 Å². The van der Waals surface area contributed by atoms with Gasteiger partial charge < -0.3 is 15.4 Å². The van der Waals surface area contributed by atoms with Crippen LogP contribution in [-0.4, -0.2) is 28.3 Å². The number of anilines is 2. The van der Waals surface area contributed by atoms with Gasteiger partial charge in [-0.3, -0.25) is 24.7 Å². The van der Waals surface area contributed by atoms with Crippen LogP contribution in [0.15, 0.2) is 73.1 Å². The molecule has 0 spiro atoms. The van der Waals surface area contributed by atoms with Crippen molar-refractivity contribution in [3.05, 3.63) is 88.7 Å². The SMILES string of the molecule is O=C(COc1ccccc1[N+](=O)[O-])Nc1cccc(C(=O)Nc2ccncc2)c1. The van der Waals surface area contributed by atoms with Crippen molar-refractivity contribution >= 4 is 28.9 Å². The third-order valence-electron chi connectivity index (χ3n) is 3.77. The maximum absolute atomic E-state index is 12.3. The van der Waals surface area contributed by atoms with Gasteiger partial charge >= 0.3 is 5.69 Å². The first-order valence-electron chi connectivity index (χ1n) is 8.50. The Morgan fingerprint density at radius 1 is 0.966 bits per heavy atom. The van der Waals surface area contributed by atoms with E-state index >= 15 is 0 Å². The van der Waals surface area contributed by atoms with E-state index in [2.05, 4.69) is 15.6 Å². The first-order chi connectivity index (χ1) is 14.0. The number of nitrogens with zero attached hydrogens (tertiary/aromatic N) is 2. The minimum atomic E-state index is -0.585. The van der Waals surface area contributed by atoms with Gasteiger partial charge in [-0.2, -0.15) is 0 Å². The number of amides is 2. The molecule has 0 bridgehead atoms. The smallest absolute Gasteiger partial charge is 0.310 e. The molecule has 2 aromatic carbocycles. The maximum Gasteiger partial charge on any atom is 0.310 e. The normalized spacial score (nSPS) is 10.1. The van der Waals surface area contributed by atoms with Crippen LogP contribution in [0.3, 0.4) is 0 Å². The first-order valence-corrected chi connectivity index (χ1v) is 8.50. The second-order valence-corrected chi connectivity index (χ2v) is 5.83. The van der Waals surface area contributed by atoms with Crippen molar-refractivity contribution in [1.29, 1.82) is 0 Å². The summed E-state index contributed by atoms with van der Waals surface area (Å²) in [4.78, 5) is 38.7. The van der Waals surface area contributed by atoms with Gasteiger partial charge in [0, 0.05) is 35.4 Å². The van der Waals surface area contributed by atoms with Crippen LogP contribution in [-0.2, 0) is 4.79 Å². The number of nitro benzene ring substituents is 1. The Kier molecular flexibility index (Phi) is 6.11. The Bertz CT molecular complexity index is 1040. The Morgan fingerprint density at radius 2 is 1.72 bits per heavy atom. The average Bonchev–Trinajstić information content (AvgIpc) is 2.73. The van der Waals surface area contributed by atoms with Crippen LogP contribution in [0.2, 0.25) is 0 Å². The minimum absolute atomic E-state index is 0.00173. The molecule has 1 aromatic heterocycles. The molecule has 0 atom stereocenters. The van der Waals surface area contributed by atoms with Gasteiger partial charge in [0.25, 0.3) is 11.8 Å². The van der Waals surface area contributed by atoms with Crippen LogP contribution >= 0.6 is 0 Å². The lowest BCUT2D eigenvalue weighted by atomic mass is 10.2. The molecule has 0 saturated carbocycles. The van der Waals surface area contributed by atoms with Crippen molar-refractivity contribution in [2.24, 2.45) is 0 Å². The summed E-state index contributed by atoms with van der Waals surface area (Å²) in [5.74, 6) is -0.864. The lowest BCUT2D eigenvalue weighted by Gasteiger charge is -2.09. The molecule has 1 heterocycles. The van der Waals surface area contributed by atoms with E-state index in [0.717, 1.165) is 0 Å². The summed E-state index contributed by atoms with van der Waals surface area (Å²) in [5.41, 5.74) is 1.11. The van der Waals surface area contributed by atoms with Crippen LogP contribution in [0.1, 0.15) is 10.4 Å². The monoisotopic (exact) mass is 392 g/mol. The van der Waals surface area contributed by atoms with E-state index in [1.807, 2.05) is 0 Å². The number of carbonyl (C=O) groups is 2. The number of hydrogen-bond acceptors (Lipinski definition) is 6. The van der Waals surface area contributed by atoms with Gasteiger partial charge in [0.1, 0.15) is 0 Å². The second kappa shape index (κ2) is 9.09. The zero-order chi connectivity index (χ0) is 20.6. The van der Waals surface area contributed by atoms with E-state index in [9.17, 15) is 19.7 Å². The number of nitrogens with one attached hydrogen (secondary N) is 2. The molecule has 0 fully saturated rings. The van der Waals surface area contributed by atoms with Crippen LogP contribution in [0.5, 0.6) is 5.75 Å². The van der Waals surface area contributed by atoms with E-state index in [4.69, 9.17) is 4.74 Å². The standard InChI is InChI=1S/C20H16N4O5/c25-19(13-29-18-7-2-1-6-17(18)24(27)28)22-16-5-3-4-14(12-16)20(26)23-15-8-10-21-11-9-15/h1-12H,13H2,(H,22,25)(H,21,23,26). The molecule has 0 aliphatic carbocycles. The highest BCUT2D eigenvalue weighted by Gasteiger charge is 2.15. The highest BCUT2D eigenvalue weighted by atomic mass is 16.6. The highest BCUT2D eigenvalue weighted by Crippen LogP contribution is 2.25. The van der Waals surface area contributed by atoms with E-state index in [-0.39, 0.29) is 17.3 Å². The van der Waals surface area contributed by atoms with E-state index < -0.39 is 17.4 Å². The summed E-state index contributed by atoms with van der Waals surface area (Å²) in [6, 6.07) is 15.5. The van der Waals surface area contributed by atoms with Crippen molar-refractivity contribution < 1.29 is 19.2 Å². The van der Waals surface area contributed by atoms with E-state index in [1.165, 1.54) is 24.3 Å². The molecule has 2 N–H and O–H groups in total. The number of benzene rings is 2. The average molecular weight is 392 g/mol. The van der Waals surface area contributed by atoms with Gasteiger partial charge in [-0.25, -0.2) is 0 Å². The van der Waals surface area contributed by atoms with E-state index in [0.29, 0.717) is 16.9 Å². The number of hydrogen-bond donors (Lipinski definition) is 2. The Morgan fingerprint density at radius 3 is 2.48 bits per heavy atom. The van der Waals surface area contributed by atoms with Gasteiger partial charge in [0.05, 0.1) is 4.92 Å². The summed E-state index contributed by atoms with van der Waals surface area (Å²) in [6.07, 6.45) is 3.12. The minimum Gasteiger partial charge on any atom is -0.477 e. The molecular weight excluding hydrogens is 376 g/mol. The van der Waals surface area contributed by atoms with Crippen LogP contribution < -0.4 is 15.4 Å². The maximum atomic E-state index is 12.3. The molecule has 9 nitrogen and oxygen atoms in total. The van der Waals surface area contributed by atoms with Gasteiger partial charge in [0.15, 0.2) is 12.4 Å². The highest BCUT2D eigenvalue weighted by molar-refractivity contribution is 6.05. The van der Waals surface area contributed by atoms with Gasteiger partial charge in [-0.1, -0.05) is 18.2 Å². The largest absolute Gasteiger partial charge is 0.477 e. The van der Waals surface area contributed by atoms with Crippen molar-refractivity contribution in [3.63, 3.8) is 0 Å². The molecule has 0 unspecified atom stereocenters. The number of carbonyl (C=O) groups excluding carboxylic acids is 2. The third-order valence-corrected chi connectivity index (χ3v) is 3.77. The molecule has 146 valence electrons. The number of rotatable bonds is 7. The predicted octanol–water partition coefficient (Wildman–Crippen LogP) is 3.26. The molecule has 0 saturated heterocycles. The lowest BCUT2D eigenvalue weighted by molar-refractivity contribution is -0.385. The zero-order valence-electron chi connectivity index (χ0n) is 15.1. The molecule has 29 heavy (non-hydrogen) atoms. The zero-order valence-corrected chi connectivity index (χ0v) is 15.1. The predicted molar refractivity (Wildman–Crippen MR) is 106 cm³/mol. The van der Waals surface area contributed by atoms with Crippen LogP contribution in [0.25, 0.3) is 0 Å². The van der Waals surface area contributed by atoms with Crippen molar-refractivity contribution in [3.8, 4) is 5.75 Å². The number of ether oxygens (including phenoxy) is 1. The molecule has 3 aromatic rings. The number of aromatic nitrogens is 1. The molecule has 0 aliphatic heterocycles. The van der Waals surface area contributed by atoms with Crippen LogP contribution in [0, 0.1) is 10.1 Å². The molecular formula is C20H16N4O5. The van der Waals surface area contributed by atoms with Gasteiger partial charge in [-0.05, 0) is 36.4 Å². The molecule has 9 heteroatoms. The topological polar surface area (TPSA) is 123 Å². The molecule has 0 aliphatic rings. The van der Waals surface area contributed by atoms with Crippen molar-refractivity contribution in [1.82, 2.24) is 4.98 Å². The number of pyridine rings is 1. The summed E-state index contributed by atoms with van der Waals surface area (Å²) in [7, 11) is 0. The van der Waals surface area contributed by atoms with E-state index in [1.54, 1.807) is 48.8 Å². The van der Waals surface area contributed by atoms with Crippen molar-refractivity contribution in [2.75, 3.05) is 17.2 Å². The van der Waals surface area contributed by atoms with Crippen LogP contribution in [0.4, 0.5) is 17.1 Å². The number of nitro groups is 1.